The molecule has 1 aromatic carbocycles. The van der Waals surface area contributed by atoms with Crippen molar-refractivity contribution < 1.29 is 9.53 Å². The molecule has 0 aromatic heterocycles. The van der Waals surface area contributed by atoms with Gasteiger partial charge >= 0.3 is 0 Å². The van der Waals surface area contributed by atoms with Gasteiger partial charge in [0.05, 0.1) is 19.1 Å². The second-order valence-electron chi connectivity index (χ2n) is 6.52. The van der Waals surface area contributed by atoms with Crippen LogP contribution in [0.4, 0.5) is 0 Å². The summed E-state index contributed by atoms with van der Waals surface area (Å²) in [7, 11) is 0. The Morgan fingerprint density at radius 1 is 1.41 bits per heavy atom. The summed E-state index contributed by atoms with van der Waals surface area (Å²) < 4.78 is 5.88. The summed E-state index contributed by atoms with van der Waals surface area (Å²) >= 11 is 0. The SMILES string of the molecule is CC1CCCN(C(=O)CC2OCCc3ccccc32)C1CN. The number of fused-ring (bicyclic) bond motifs is 1. The molecule has 2 N–H and O–H groups in total. The molecule has 0 radical (unpaired) electrons. The molecule has 4 nitrogen and oxygen atoms in total. The summed E-state index contributed by atoms with van der Waals surface area (Å²) in [6.45, 7) is 4.28. The van der Waals surface area contributed by atoms with Gasteiger partial charge in [-0.1, -0.05) is 31.2 Å². The van der Waals surface area contributed by atoms with Crippen molar-refractivity contribution in [1.82, 2.24) is 4.90 Å². The molecule has 1 aromatic rings. The molecule has 0 saturated carbocycles. The molecular weight excluding hydrogens is 276 g/mol. The first kappa shape index (κ1) is 15.5. The van der Waals surface area contributed by atoms with Crippen LogP contribution < -0.4 is 5.73 Å². The normalized spacial score (nSPS) is 28.3. The minimum Gasteiger partial charge on any atom is -0.373 e. The second kappa shape index (κ2) is 6.80. The Kier molecular flexibility index (Phi) is 4.79. The van der Waals surface area contributed by atoms with Gasteiger partial charge < -0.3 is 15.4 Å². The van der Waals surface area contributed by atoms with Crippen LogP contribution in [-0.4, -0.2) is 36.5 Å². The van der Waals surface area contributed by atoms with Crippen molar-refractivity contribution in [2.75, 3.05) is 19.7 Å². The van der Waals surface area contributed by atoms with E-state index in [0.29, 0.717) is 25.5 Å². The molecule has 120 valence electrons. The molecule has 22 heavy (non-hydrogen) atoms. The Morgan fingerprint density at radius 2 is 2.23 bits per heavy atom. The Morgan fingerprint density at radius 3 is 3.05 bits per heavy atom. The van der Waals surface area contributed by atoms with Crippen molar-refractivity contribution in [1.29, 1.82) is 0 Å². The topological polar surface area (TPSA) is 55.6 Å². The van der Waals surface area contributed by atoms with Crippen LogP contribution in [0.1, 0.15) is 43.4 Å². The number of nitrogens with zero attached hydrogens (tertiary/aromatic N) is 1. The number of nitrogens with two attached hydrogens (primary N) is 1. The highest BCUT2D eigenvalue weighted by Crippen LogP contribution is 2.31. The summed E-state index contributed by atoms with van der Waals surface area (Å²) in [4.78, 5) is 14.8. The molecule has 0 bridgehead atoms. The van der Waals surface area contributed by atoms with Gasteiger partial charge in [-0.25, -0.2) is 0 Å². The maximum Gasteiger partial charge on any atom is 0.225 e. The van der Waals surface area contributed by atoms with E-state index in [0.717, 1.165) is 25.8 Å². The fourth-order valence-electron chi connectivity index (χ4n) is 3.84. The number of benzene rings is 1. The second-order valence-corrected chi connectivity index (χ2v) is 6.52. The molecule has 2 heterocycles. The van der Waals surface area contributed by atoms with E-state index in [9.17, 15) is 4.79 Å². The number of hydrogen-bond acceptors (Lipinski definition) is 3. The molecule has 0 aliphatic carbocycles. The zero-order valence-electron chi connectivity index (χ0n) is 13.3. The highest BCUT2D eigenvalue weighted by atomic mass is 16.5. The fraction of sp³-hybridized carbons (Fsp3) is 0.611. The standard InChI is InChI=1S/C18H26N2O2/c1-13-5-4-9-20(16(13)12-19)18(21)11-17-15-7-3-2-6-14(15)8-10-22-17/h2-3,6-7,13,16-17H,4-5,8-12,19H2,1H3. The zero-order valence-corrected chi connectivity index (χ0v) is 13.3. The average molecular weight is 302 g/mol. The van der Waals surface area contributed by atoms with Gasteiger partial charge in [-0.05, 0) is 36.3 Å². The van der Waals surface area contributed by atoms with Crippen LogP contribution in [0.5, 0.6) is 0 Å². The van der Waals surface area contributed by atoms with E-state index in [1.165, 1.54) is 11.1 Å². The van der Waals surface area contributed by atoms with Crippen LogP contribution >= 0.6 is 0 Å². The van der Waals surface area contributed by atoms with E-state index in [2.05, 4.69) is 25.1 Å². The molecule has 2 aliphatic heterocycles. The molecule has 1 amide bonds. The van der Waals surface area contributed by atoms with E-state index >= 15 is 0 Å². The van der Waals surface area contributed by atoms with E-state index in [1.54, 1.807) is 0 Å². The molecule has 1 fully saturated rings. The van der Waals surface area contributed by atoms with Crippen molar-refractivity contribution in [3.63, 3.8) is 0 Å². The summed E-state index contributed by atoms with van der Waals surface area (Å²) in [5.41, 5.74) is 8.40. The molecule has 3 rings (SSSR count). The molecule has 2 aliphatic rings. The van der Waals surface area contributed by atoms with Gasteiger partial charge in [0.25, 0.3) is 0 Å². The largest absolute Gasteiger partial charge is 0.373 e. The highest BCUT2D eigenvalue weighted by molar-refractivity contribution is 5.77. The zero-order chi connectivity index (χ0) is 15.5. The van der Waals surface area contributed by atoms with Crippen molar-refractivity contribution in [3.8, 4) is 0 Å². The number of ether oxygens (including phenoxy) is 1. The molecule has 3 atom stereocenters. The minimum absolute atomic E-state index is 0.104. The lowest BCUT2D eigenvalue weighted by Gasteiger charge is -2.40. The average Bonchev–Trinajstić information content (AvgIpc) is 2.55. The maximum absolute atomic E-state index is 12.8. The Hall–Kier alpha value is -1.39. The third kappa shape index (κ3) is 3.03. The van der Waals surface area contributed by atoms with Gasteiger partial charge in [-0.3, -0.25) is 4.79 Å². The van der Waals surface area contributed by atoms with Crippen LogP contribution in [0.15, 0.2) is 24.3 Å². The molecule has 0 spiro atoms. The van der Waals surface area contributed by atoms with Crippen LogP contribution in [0.25, 0.3) is 0 Å². The van der Waals surface area contributed by atoms with E-state index < -0.39 is 0 Å². The van der Waals surface area contributed by atoms with Gasteiger partial charge in [-0.15, -0.1) is 0 Å². The van der Waals surface area contributed by atoms with Crippen LogP contribution in [0.3, 0.4) is 0 Å². The fourth-order valence-corrected chi connectivity index (χ4v) is 3.84. The molecule has 1 saturated heterocycles. The van der Waals surface area contributed by atoms with Crippen LogP contribution in [0, 0.1) is 5.92 Å². The van der Waals surface area contributed by atoms with Crippen molar-refractivity contribution in [2.45, 2.75) is 44.8 Å². The third-order valence-corrected chi connectivity index (χ3v) is 5.13. The van der Waals surface area contributed by atoms with Crippen molar-refractivity contribution in [2.24, 2.45) is 11.7 Å². The summed E-state index contributed by atoms with van der Waals surface area (Å²) in [5, 5.41) is 0. The first-order valence-corrected chi connectivity index (χ1v) is 8.39. The summed E-state index contributed by atoms with van der Waals surface area (Å²) in [6.07, 6.45) is 3.50. The third-order valence-electron chi connectivity index (χ3n) is 5.13. The summed E-state index contributed by atoms with van der Waals surface area (Å²) in [6, 6.07) is 8.49. The van der Waals surface area contributed by atoms with E-state index in [1.807, 2.05) is 11.0 Å². The lowest BCUT2D eigenvalue weighted by Crippen LogP contribution is -2.51. The predicted octanol–water partition coefficient (Wildman–Crippen LogP) is 2.28. The van der Waals surface area contributed by atoms with Crippen LogP contribution in [-0.2, 0) is 16.0 Å². The first-order valence-electron chi connectivity index (χ1n) is 8.39. The molecule has 4 heteroatoms. The number of amides is 1. The predicted molar refractivity (Wildman–Crippen MR) is 86.4 cm³/mol. The van der Waals surface area contributed by atoms with Gasteiger partial charge in [0.15, 0.2) is 0 Å². The quantitative estimate of drug-likeness (QED) is 0.932. The van der Waals surface area contributed by atoms with Crippen LogP contribution in [0.2, 0.25) is 0 Å². The maximum atomic E-state index is 12.8. The Balaban J connectivity index is 1.72. The number of hydrogen-bond donors (Lipinski definition) is 1. The molecule has 3 unspecified atom stereocenters. The van der Waals surface area contributed by atoms with E-state index in [4.69, 9.17) is 10.5 Å². The van der Waals surface area contributed by atoms with Gasteiger partial charge in [0.2, 0.25) is 5.91 Å². The van der Waals surface area contributed by atoms with Gasteiger partial charge in [0.1, 0.15) is 0 Å². The van der Waals surface area contributed by atoms with Gasteiger partial charge in [-0.2, -0.15) is 0 Å². The summed E-state index contributed by atoms with van der Waals surface area (Å²) in [5.74, 6) is 0.672. The number of piperidine rings is 1. The Bertz CT molecular complexity index is 532. The Labute approximate surface area is 132 Å². The van der Waals surface area contributed by atoms with E-state index in [-0.39, 0.29) is 18.1 Å². The first-order chi connectivity index (χ1) is 10.7. The number of carbonyl (C=O) groups excluding carboxylic acids is 1. The van der Waals surface area contributed by atoms with Crippen molar-refractivity contribution >= 4 is 5.91 Å². The lowest BCUT2D eigenvalue weighted by atomic mass is 9.89. The lowest BCUT2D eigenvalue weighted by molar-refractivity contribution is -0.139. The van der Waals surface area contributed by atoms with Crippen molar-refractivity contribution in [3.05, 3.63) is 35.4 Å². The highest BCUT2D eigenvalue weighted by Gasteiger charge is 2.33. The smallest absolute Gasteiger partial charge is 0.225 e. The number of carbonyl (C=O) groups is 1. The molecular formula is C18H26N2O2. The minimum atomic E-state index is -0.104. The van der Waals surface area contributed by atoms with Gasteiger partial charge in [0, 0.05) is 19.1 Å². The monoisotopic (exact) mass is 302 g/mol. The number of likely N-dealkylation sites (tertiary alicyclic amines) is 1. The number of rotatable bonds is 3.